The number of nitriles is 1. The second-order valence-corrected chi connectivity index (χ2v) is 4.85. The minimum Gasteiger partial charge on any atom is -0.371 e. The van der Waals surface area contributed by atoms with Crippen LogP contribution in [0.15, 0.2) is 12.1 Å². The SMILES string of the molecule is Cc1c(C#N)cc([N+](=O)[O-])cc1N1CCC(F)(F)CC1. The van der Waals surface area contributed by atoms with E-state index in [9.17, 15) is 18.9 Å². The number of hydrogen-bond acceptors (Lipinski definition) is 4. The Labute approximate surface area is 114 Å². The van der Waals surface area contributed by atoms with Crippen molar-refractivity contribution >= 4 is 11.4 Å². The summed E-state index contributed by atoms with van der Waals surface area (Å²) in [5.41, 5.74) is 1.08. The number of piperidine rings is 1. The van der Waals surface area contributed by atoms with Crippen molar-refractivity contribution in [2.24, 2.45) is 0 Å². The van der Waals surface area contributed by atoms with E-state index in [-0.39, 0.29) is 37.2 Å². The van der Waals surface area contributed by atoms with Crippen molar-refractivity contribution in [3.63, 3.8) is 0 Å². The van der Waals surface area contributed by atoms with Gasteiger partial charge >= 0.3 is 0 Å². The van der Waals surface area contributed by atoms with Gasteiger partial charge in [-0.2, -0.15) is 5.26 Å². The van der Waals surface area contributed by atoms with Crippen LogP contribution in [0.3, 0.4) is 0 Å². The fourth-order valence-electron chi connectivity index (χ4n) is 2.31. The number of nitro groups is 1. The van der Waals surface area contributed by atoms with Crippen molar-refractivity contribution in [3.05, 3.63) is 33.4 Å². The lowest BCUT2D eigenvalue weighted by Gasteiger charge is -2.34. The van der Waals surface area contributed by atoms with E-state index in [2.05, 4.69) is 0 Å². The summed E-state index contributed by atoms with van der Waals surface area (Å²) in [4.78, 5) is 12.0. The molecule has 0 spiro atoms. The maximum Gasteiger partial charge on any atom is 0.272 e. The van der Waals surface area contributed by atoms with Gasteiger partial charge in [0.15, 0.2) is 0 Å². The number of benzene rings is 1. The quantitative estimate of drug-likeness (QED) is 0.617. The Morgan fingerprint density at radius 2 is 2.00 bits per heavy atom. The Morgan fingerprint density at radius 3 is 2.50 bits per heavy atom. The lowest BCUT2D eigenvalue weighted by Crippen LogP contribution is -2.39. The molecule has 1 saturated heterocycles. The van der Waals surface area contributed by atoms with Gasteiger partial charge in [0, 0.05) is 43.8 Å². The zero-order valence-electron chi connectivity index (χ0n) is 10.9. The summed E-state index contributed by atoms with van der Waals surface area (Å²) in [6.07, 6.45) is -0.561. The molecule has 20 heavy (non-hydrogen) atoms. The molecule has 1 aromatic carbocycles. The van der Waals surface area contributed by atoms with Crippen molar-refractivity contribution < 1.29 is 13.7 Å². The maximum atomic E-state index is 13.2. The largest absolute Gasteiger partial charge is 0.371 e. The monoisotopic (exact) mass is 281 g/mol. The van der Waals surface area contributed by atoms with E-state index in [0.29, 0.717) is 11.3 Å². The second kappa shape index (κ2) is 5.04. The van der Waals surface area contributed by atoms with Gasteiger partial charge in [0.1, 0.15) is 0 Å². The lowest BCUT2D eigenvalue weighted by atomic mass is 10.0. The van der Waals surface area contributed by atoms with E-state index >= 15 is 0 Å². The normalized spacial score (nSPS) is 17.6. The highest BCUT2D eigenvalue weighted by molar-refractivity contribution is 5.64. The van der Waals surface area contributed by atoms with Crippen LogP contribution >= 0.6 is 0 Å². The molecule has 0 aliphatic carbocycles. The first-order valence-electron chi connectivity index (χ1n) is 6.16. The molecule has 1 fully saturated rings. The van der Waals surface area contributed by atoms with Crippen molar-refractivity contribution in [2.45, 2.75) is 25.7 Å². The van der Waals surface area contributed by atoms with Gasteiger partial charge in [0.05, 0.1) is 16.6 Å². The third-order valence-corrected chi connectivity index (χ3v) is 3.53. The molecule has 0 aromatic heterocycles. The number of non-ortho nitro benzene ring substituents is 1. The molecular formula is C13H13F2N3O2. The number of rotatable bonds is 2. The molecule has 1 heterocycles. The van der Waals surface area contributed by atoms with Crippen molar-refractivity contribution in [3.8, 4) is 6.07 Å². The van der Waals surface area contributed by atoms with Crippen LogP contribution in [0, 0.1) is 28.4 Å². The summed E-state index contributed by atoms with van der Waals surface area (Å²) < 4.78 is 26.3. The Bertz CT molecular complexity index is 586. The number of nitrogens with zero attached hydrogens (tertiary/aromatic N) is 3. The standard InChI is InChI=1S/C13H13F2N3O2/c1-9-10(8-16)6-11(18(19)20)7-12(9)17-4-2-13(14,15)3-5-17/h6-7H,2-5H2,1H3. The molecule has 0 saturated carbocycles. The predicted molar refractivity (Wildman–Crippen MR) is 68.9 cm³/mol. The van der Waals surface area contributed by atoms with E-state index in [0.717, 1.165) is 0 Å². The van der Waals surface area contributed by atoms with Gasteiger partial charge < -0.3 is 4.90 Å². The summed E-state index contributed by atoms with van der Waals surface area (Å²) in [5.74, 6) is -2.68. The van der Waals surface area contributed by atoms with Crippen LogP contribution in [0.1, 0.15) is 24.0 Å². The molecule has 1 aliphatic heterocycles. The summed E-state index contributed by atoms with van der Waals surface area (Å²) in [6.45, 7) is 1.92. The molecule has 0 bridgehead atoms. The number of hydrogen-bond donors (Lipinski definition) is 0. The summed E-state index contributed by atoms with van der Waals surface area (Å²) in [5, 5.41) is 19.9. The molecule has 5 nitrogen and oxygen atoms in total. The Hall–Kier alpha value is -2.23. The predicted octanol–water partition coefficient (Wildman–Crippen LogP) is 3.01. The maximum absolute atomic E-state index is 13.2. The Morgan fingerprint density at radius 1 is 1.40 bits per heavy atom. The number of halogens is 2. The third-order valence-electron chi connectivity index (χ3n) is 3.53. The fourth-order valence-corrected chi connectivity index (χ4v) is 2.31. The molecule has 2 rings (SSSR count). The van der Waals surface area contributed by atoms with E-state index in [4.69, 9.17) is 5.26 Å². The summed E-state index contributed by atoms with van der Waals surface area (Å²) >= 11 is 0. The lowest BCUT2D eigenvalue weighted by molar-refractivity contribution is -0.384. The van der Waals surface area contributed by atoms with Gasteiger partial charge in [-0.05, 0) is 12.5 Å². The third kappa shape index (κ3) is 2.69. The van der Waals surface area contributed by atoms with Crippen LogP contribution in [0.25, 0.3) is 0 Å². The van der Waals surface area contributed by atoms with Crippen LogP contribution in [0.4, 0.5) is 20.2 Å². The average Bonchev–Trinajstić information content (AvgIpc) is 2.39. The highest BCUT2D eigenvalue weighted by atomic mass is 19.3. The topological polar surface area (TPSA) is 70.2 Å². The zero-order chi connectivity index (χ0) is 14.9. The van der Waals surface area contributed by atoms with Gasteiger partial charge in [-0.25, -0.2) is 8.78 Å². The molecule has 0 radical (unpaired) electrons. The van der Waals surface area contributed by atoms with Crippen LogP contribution in [0.5, 0.6) is 0 Å². The average molecular weight is 281 g/mol. The van der Waals surface area contributed by atoms with Gasteiger partial charge in [-0.15, -0.1) is 0 Å². The van der Waals surface area contributed by atoms with Gasteiger partial charge in [0.2, 0.25) is 0 Å². The van der Waals surface area contributed by atoms with Crippen molar-refractivity contribution in [1.29, 1.82) is 5.26 Å². The molecule has 0 amide bonds. The molecule has 1 aromatic rings. The number of nitro benzene ring substituents is 1. The molecule has 0 atom stereocenters. The zero-order valence-corrected chi connectivity index (χ0v) is 10.9. The van der Waals surface area contributed by atoms with Crippen LogP contribution < -0.4 is 4.90 Å². The van der Waals surface area contributed by atoms with Gasteiger partial charge in [-0.3, -0.25) is 10.1 Å². The molecular weight excluding hydrogens is 268 g/mol. The van der Waals surface area contributed by atoms with E-state index in [1.165, 1.54) is 12.1 Å². The minimum absolute atomic E-state index is 0.125. The molecule has 7 heteroatoms. The smallest absolute Gasteiger partial charge is 0.272 e. The number of alkyl halides is 2. The first-order valence-corrected chi connectivity index (χ1v) is 6.16. The second-order valence-electron chi connectivity index (χ2n) is 4.85. The van der Waals surface area contributed by atoms with Crippen LogP contribution in [-0.4, -0.2) is 23.9 Å². The van der Waals surface area contributed by atoms with Gasteiger partial charge in [0.25, 0.3) is 11.6 Å². The van der Waals surface area contributed by atoms with E-state index in [1.54, 1.807) is 11.8 Å². The molecule has 0 N–H and O–H groups in total. The number of anilines is 1. The minimum atomic E-state index is -2.68. The molecule has 106 valence electrons. The van der Waals surface area contributed by atoms with E-state index < -0.39 is 10.8 Å². The Kier molecular flexibility index (Phi) is 3.57. The summed E-state index contributed by atoms with van der Waals surface area (Å²) in [6, 6.07) is 4.46. The molecule has 0 unspecified atom stereocenters. The summed E-state index contributed by atoms with van der Waals surface area (Å²) in [7, 11) is 0. The first kappa shape index (κ1) is 14.2. The Balaban J connectivity index is 2.39. The van der Waals surface area contributed by atoms with Crippen LogP contribution in [-0.2, 0) is 0 Å². The van der Waals surface area contributed by atoms with Crippen molar-refractivity contribution in [1.82, 2.24) is 0 Å². The highest BCUT2D eigenvalue weighted by Crippen LogP contribution is 2.34. The van der Waals surface area contributed by atoms with Gasteiger partial charge in [-0.1, -0.05) is 0 Å². The van der Waals surface area contributed by atoms with Crippen molar-refractivity contribution in [2.75, 3.05) is 18.0 Å². The molecule has 1 aliphatic rings. The first-order chi connectivity index (χ1) is 9.34. The van der Waals surface area contributed by atoms with Crippen LogP contribution in [0.2, 0.25) is 0 Å². The van der Waals surface area contributed by atoms with E-state index in [1.807, 2.05) is 6.07 Å². The highest BCUT2D eigenvalue weighted by Gasteiger charge is 2.34. The fraction of sp³-hybridized carbons (Fsp3) is 0.462.